The van der Waals surface area contributed by atoms with Crippen molar-refractivity contribution in [1.82, 2.24) is 25.2 Å². The molecule has 0 unspecified atom stereocenters. The van der Waals surface area contributed by atoms with Gasteiger partial charge in [0.2, 0.25) is 0 Å². The minimum Gasteiger partial charge on any atom is -0.282 e. The van der Waals surface area contributed by atoms with Gasteiger partial charge in [0.1, 0.15) is 11.6 Å². The van der Waals surface area contributed by atoms with Crippen molar-refractivity contribution >= 4 is 22.8 Å². The first-order valence-corrected chi connectivity index (χ1v) is 8.05. The Labute approximate surface area is 143 Å². The molecule has 25 heavy (non-hydrogen) atoms. The Morgan fingerprint density at radius 3 is 2.84 bits per heavy atom. The number of carbonyl (C=O) groups excluding carboxylic acids is 1. The summed E-state index contributed by atoms with van der Waals surface area (Å²) < 4.78 is 14.6. The fourth-order valence-electron chi connectivity index (χ4n) is 2.87. The highest BCUT2D eigenvalue weighted by molar-refractivity contribution is 6.06. The highest BCUT2D eigenvalue weighted by atomic mass is 19.1. The monoisotopic (exact) mass is 340 g/mol. The van der Waals surface area contributed by atoms with Gasteiger partial charge < -0.3 is 0 Å². The number of amides is 1. The molecule has 0 aliphatic heterocycles. The van der Waals surface area contributed by atoms with Gasteiger partial charge in [-0.3, -0.25) is 20.3 Å². The molecule has 0 radical (unpaired) electrons. The van der Waals surface area contributed by atoms with Crippen LogP contribution in [0.2, 0.25) is 0 Å². The van der Waals surface area contributed by atoms with E-state index in [-0.39, 0.29) is 5.91 Å². The number of carbonyl (C=O) groups is 1. The van der Waals surface area contributed by atoms with Gasteiger partial charge >= 0.3 is 0 Å². The molecule has 8 heteroatoms. The molecule has 7 nitrogen and oxygen atoms in total. The predicted octanol–water partition coefficient (Wildman–Crippen LogP) is 2.45. The molecule has 2 N–H and O–H groups in total. The maximum Gasteiger partial charge on any atom is 0.270 e. The SMILES string of the molecule is Cc1nn(C)c2nc(C3CC3)cc(C(=O)NNc3ccc(F)cn3)c12. The average molecular weight is 340 g/mol. The van der Waals surface area contributed by atoms with E-state index in [0.29, 0.717) is 22.9 Å². The zero-order valence-corrected chi connectivity index (χ0v) is 13.9. The molecule has 1 amide bonds. The first-order chi connectivity index (χ1) is 12.0. The lowest BCUT2D eigenvalue weighted by Crippen LogP contribution is -2.30. The van der Waals surface area contributed by atoms with Crippen molar-refractivity contribution in [3.05, 3.63) is 47.2 Å². The van der Waals surface area contributed by atoms with Crippen LogP contribution >= 0.6 is 0 Å². The second-order valence-electron chi connectivity index (χ2n) is 6.22. The van der Waals surface area contributed by atoms with Crippen LogP contribution in [0, 0.1) is 12.7 Å². The van der Waals surface area contributed by atoms with Gasteiger partial charge in [-0.2, -0.15) is 5.10 Å². The van der Waals surface area contributed by atoms with Crippen LogP contribution in [0.25, 0.3) is 11.0 Å². The largest absolute Gasteiger partial charge is 0.282 e. The van der Waals surface area contributed by atoms with Crippen LogP contribution in [-0.2, 0) is 7.05 Å². The Hall–Kier alpha value is -3.03. The fraction of sp³-hybridized carbons (Fsp3) is 0.294. The number of hydrogen-bond donors (Lipinski definition) is 2. The zero-order chi connectivity index (χ0) is 17.6. The minimum atomic E-state index is -0.437. The molecule has 128 valence electrons. The number of aryl methyl sites for hydroxylation is 2. The maximum atomic E-state index is 12.9. The number of nitrogens with one attached hydrogen (secondary N) is 2. The van der Waals surface area contributed by atoms with E-state index >= 15 is 0 Å². The summed E-state index contributed by atoms with van der Waals surface area (Å²) >= 11 is 0. The summed E-state index contributed by atoms with van der Waals surface area (Å²) in [6, 6.07) is 4.55. The van der Waals surface area contributed by atoms with Gasteiger partial charge in [-0.25, -0.2) is 14.4 Å². The lowest BCUT2D eigenvalue weighted by atomic mass is 10.1. The normalized spacial score (nSPS) is 13.9. The number of hydrazine groups is 1. The number of nitrogens with zero attached hydrogens (tertiary/aromatic N) is 4. The Kier molecular flexibility index (Phi) is 3.60. The van der Waals surface area contributed by atoms with Gasteiger partial charge in [0.15, 0.2) is 5.65 Å². The fourth-order valence-corrected chi connectivity index (χ4v) is 2.87. The summed E-state index contributed by atoms with van der Waals surface area (Å²) in [7, 11) is 1.82. The third-order valence-corrected chi connectivity index (χ3v) is 4.26. The summed E-state index contributed by atoms with van der Waals surface area (Å²) in [6.07, 6.45) is 3.26. The molecule has 1 aliphatic rings. The molecule has 4 rings (SSSR count). The van der Waals surface area contributed by atoms with Crippen molar-refractivity contribution < 1.29 is 9.18 Å². The topological polar surface area (TPSA) is 84.7 Å². The second kappa shape index (κ2) is 5.80. The molecule has 3 aromatic heterocycles. The average Bonchev–Trinajstić information content (AvgIpc) is 3.40. The lowest BCUT2D eigenvalue weighted by molar-refractivity contribution is 0.0964. The standard InChI is InChI=1S/C17H17FN6O/c1-9-15-12(17(25)22-21-14-6-5-11(18)8-19-14)7-13(10-3-4-10)20-16(15)24(2)23-9/h5-8,10H,3-4H2,1-2H3,(H,19,21)(H,22,25). The van der Waals surface area contributed by atoms with Crippen molar-refractivity contribution in [1.29, 1.82) is 0 Å². The van der Waals surface area contributed by atoms with Crippen molar-refractivity contribution in [3.63, 3.8) is 0 Å². The summed E-state index contributed by atoms with van der Waals surface area (Å²) in [5.41, 5.74) is 8.20. The first kappa shape index (κ1) is 15.5. The molecule has 0 aromatic carbocycles. The molecule has 1 saturated carbocycles. The number of anilines is 1. The second-order valence-corrected chi connectivity index (χ2v) is 6.22. The number of fused-ring (bicyclic) bond motifs is 1. The van der Waals surface area contributed by atoms with E-state index in [0.717, 1.165) is 35.8 Å². The number of hydrogen-bond acceptors (Lipinski definition) is 5. The minimum absolute atomic E-state index is 0.309. The number of rotatable bonds is 4. The molecule has 0 spiro atoms. The first-order valence-electron chi connectivity index (χ1n) is 8.05. The van der Waals surface area contributed by atoms with E-state index < -0.39 is 5.82 Å². The highest BCUT2D eigenvalue weighted by Crippen LogP contribution is 2.40. The van der Waals surface area contributed by atoms with Crippen LogP contribution in [0.3, 0.4) is 0 Å². The van der Waals surface area contributed by atoms with Gasteiger partial charge in [-0.15, -0.1) is 0 Å². The third kappa shape index (κ3) is 2.90. The van der Waals surface area contributed by atoms with Crippen LogP contribution in [0.4, 0.5) is 10.2 Å². The molecular weight excluding hydrogens is 323 g/mol. The van der Waals surface area contributed by atoms with Crippen LogP contribution < -0.4 is 10.9 Å². The van der Waals surface area contributed by atoms with E-state index in [1.807, 2.05) is 20.0 Å². The van der Waals surface area contributed by atoms with Crippen LogP contribution in [-0.4, -0.2) is 25.7 Å². The Morgan fingerprint density at radius 2 is 2.16 bits per heavy atom. The molecule has 3 heterocycles. The van der Waals surface area contributed by atoms with E-state index in [1.54, 1.807) is 4.68 Å². The molecule has 0 atom stereocenters. The maximum absolute atomic E-state index is 12.9. The van der Waals surface area contributed by atoms with Crippen LogP contribution in [0.1, 0.15) is 40.5 Å². The molecule has 0 bridgehead atoms. The number of halogens is 1. The van der Waals surface area contributed by atoms with Crippen LogP contribution in [0.5, 0.6) is 0 Å². The molecule has 0 saturated heterocycles. The van der Waals surface area contributed by atoms with E-state index in [4.69, 9.17) is 0 Å². The smallest absolute Gasteiger partial charge is 0.270 e. The Bertz CT molecular complexity index is 961. The van der Waals surface area contributed by atoms with Gasteiger partial charge in [0, 0.05) is 18.7 Å². The highest BCUT2D eigenvalue weighted by Gasteiger charge is 2.28. The Balaban J connectivity index is 1.66. The molecular formula is C17H17FN6O. The van der Waals surface area contributed by atoms with E-state index in [2.05, 4.69) is 25.9 Å². The van der Waals surface area contributed by atoms with Crippen molar-refractivity contribution in [2.24, 2.45) is 7.05 Å². The van der Waals surface area contributed by atoms with Crippen molar-refractivity contribution in [3.8, 4) is 0 Å². The number of aromatic nitrogens is 4. The van der Waals surface area contributed by atoms with E-state index in [9.17, 15) is 9.18 Å². The summed E-state index contributed by atoms with van der Waals surface area (Å²) in [5, 5.41) is 5.12. The van der Waals surface area contributed by atoms with Gasteiger partial charge in [-0.05, 0) is 38.0 Å². The molecule has 1 fully saturated rings. The van der Waals surface area contributed by atoms with E-state index in [1.165, 1.54) is 12.1 Å². The van der Waals surface area contributed by atoms with Gasteiger partial charge in [0.05, 0.1) is 22.8 Å². The number of pyridine rings is 2. The van der Waals surface area contributed by atoms with Crippen LogP contribution in [0.15, 0.2) is 24.4 Å². The summed E-state index contributed by atoms with van der Waals surface area (Å²) in [6.45, 7) is 1.85. The third-order valence-electron chi connectivity index (χ3n) is 4.26. The zero-order valence-electron chi connectivity index (χ0n) is 13.9. The summed E-state index contributed by atoms with van der Waals surface area (Å²) in [5.74, 6) is 0.0209. The molecule has 3 aromatic rings. The van der Waals surface area contributed by atoms with Crippen molar-refractivity contribution in [2.45, 2.75) is 25.7 Å². The summed E-state index contributed by atoms with van der Waals surface area (Å²) in [4.78, 5) is 21.2. The molecule has 1 aliphatic carbocycles. The van der Waals surface area contributed by atoms with Gasteiger partial charge in [0.25, 0.3) is 5.91 Å². The lowest BCUT2D eigenvalue weighted by Gasteiger charge is -2.10. The Morgan fingerprint density at radius 1 is 1.36 bits per heavy atom. The van der Waals surface area contributed by atoms with Crippen molar-refractivity contribution in [2.75, 3.05) is 5.43 Å². The van der Waals surface area contributed by atoms with Gasteiger partial charge in [-0.1, -0.05) is 0 Å². The quantitative estimate of drug-likeness (QED) is 0.713. The predicted molar refractivity (Wildman–Crippen MR) is 90.5 cm³/mol.